The van der Waals surface area contributed by atoms with Crippen LogP contribution in [-0.2, 0) is 0 Å². The van der Waals surface area contributed by atoms with E-state index in [4.69, 9.17) is 10.5 Å². The zero-order valence-corrected chi connectivity index (χ0v) is 9.99. The van der Waals surface area contributed by atoms with Crippen molar-refractivity contribution in [2.45, 2.75) is 6.92 Å². The van der Waals surface area contributed by atoms with Crippen molar-refractivity contribution in [1.82, 2.24) is 4.90 Å². The number of nitrogens with zero attached hydrogens (tertiary/aromatic N) is 1. The van der Waals surface area contributed by atoms with Crippen molar-refractivity contribution in [2.24, 2.45) is 5.73 Å². The monoisotopic (exact) mass is 222 g/mol. The Morgan fingerprint density at radius 2 is 2.12 bits per heavy atom. The van der Waals surface area contributed by atoms with Crippen molar-refractivity contribution in [3.05, 3.63) is 29.3 Å². The summed E-state index contributed by atoms with van der Waals surface area (Å²) in [5, 5.41) is 0. The molecule has 1 aromatic carbocycles. The lowest BCUT2D eigenvalue weighted by Gasteiger charge is -2.12. The van der Waals surface area contributed by atoms with Crippen molar-refractivity contribution in [2.75, 3.05) is 27.2 Å². The second-order valence-electron chi connectivity index (χ2n) is 3.99. The molecular weight excluding hydrogens is 204 g/mol. The summed E-state index contributed by atoms with van der Waals surface area (Å²) in [6, 6.07) is 5.37. The normalized spacial score (nSPS) is 10.5. The molecule has 0 spiro atoms. The van der Waals surface area contributed by atoms with Crippen LogP contribution in [0.4, 0.5) is 0 Å². The number of benzene rings is 1. The fraction of sp³-hybridized carbons (Fsp3) is 0.417. The highest BCUT2D eigenvalue weighted by Crippen LogP contribution is 2.16. The number of likely N-dealkylation sites (N-methyl/N-ethyl adjacent to an activating group) is 1. The molecule has 1 aromatic rings. The molecule has 4 nitrogen and oxygen atoms in total. The zero-order chi connectivity index (χ0) is 12.1. The Morgan fingerprint density at radius 3 is 2.69 bits per heavy atom. The van der Waals surface area contributed by atoms with Gasteiger partial charge in [0.15, 0.2) is 0 Å². The summed E-state index contributed by atoms with van der Waals surface area (Å²) in [5.41, 5.74) is 6.64. The minimum Gasteiger partial charge on any atom is -0.492 e. The molecule has 16 heavy (non-hydrogen) atoms. The number of aryl methyl sites for hydroxylation is 1. The van der Waals surface area contributed by atoms with Crippen LogP contribution >= 0.6 is 0 Å². The molecule has 0 saturated heterocycles. The van der Waals surface area contributed by atoms with Crippen molar-refractivity contribution >= 4 is 5.91 Å². The number of amides is 1. The first-order chi connectivity index (χ1) is 7.50. The van der Waals surface area contributed by atoms with E-state index in [9.17, 15) is 4.79 Å². The average Bonchev–Trinajstić information content (AvgIpc) is 2.19. The number of hydrogen-bond acceptors (Lipinski definition) is 3. The summed E-state index contributed by atoms with van der Waals surface area (Å²) in [5.74, 6) is 0.261. The van der Waals surface area contributed by atoms with Gasteiger partial charge >= 0.3 is 0 Å². The molecule has 0 unspecified atom stereocenters. The maximum atomic E-state index is 11.1. The van der Waals surface area contributed by atoms with Gasteiger partial charge in [-0.3, -0.25) is 4.79 Å². The summed E-state index contributed by atoms with van der Waals surface area (Å²) >= 11 is 0. The third-order valence-electron chi connectivity index (χ3n) is 2.28. The van der Waals surface area contributed by atoms with Crippen molar-refractivity contribution in [3.63, 3.8) is 0 Å². The number of carbonyl (C=O) groups is 1. The Morgan fingerprint density at radius 1 is 1.44 bits per heavy atom. The number of nitrogens with two attached hydrogens (primary N) is 1. The molecule has 1 rings (SSSR count). The number of rotatable bonds is 5. The quantitative estimate of drug-likeness (QED) is 0.809. The molecule has 0 fully saturated rings. The van der Waals surface area contributed by atoms with Gasteiger partial charge in [0.25, 0.3) is 0 Å². The predicted octanol–water partition coefficient (Wildman–Crippen LogP) is 1.03. The Kier molecular flexibility index (Phi) is 4.31. The maximum Gasteiger partial charge on any atom is 0.249 e. The molecule has 0 aliphatic rings. The summed E-state index contributed by atoms with van der Waals surface area (Å²) in [7, 11) is 3.96. The first-order valence-electron chi connectivity index (χ1n) is 5.18. The molecule has 0 saturated carbocycles. The van der Waals surface area contributed by atoms with Crippen LogP contribution in [0.5, 0.6) is 5.75 Å². The number of ether oxygens (including phenoxy) is 1. The predicted molar refractivity (Wildman–Crippen MR) is 63.7 cm³/mol. The van der Waals surface area contributed by atoms with Crippen LogP contribution in [0.3, 0.4) is 0 Å². The number of carbonyl (C=O) groups excluding carboxylic acids is 1. The third kappa shape index (κ3) is 3.55. The summed E-state index contributed by atoms with van der Waals surface area (Å²) in [6.07, 6.45) is 0. The second kappa shape index (κ2) is 5.51. The standard InChI is InChI=1S/C12H18N2O2/c1-9-4-5-10(8-11(9)12(13)15)16-7-6-14(2)3/h4-5,8H,6-7H2,1-3H3,(H2,13,15). The largest absolute Gasteiger partial charge is 0.492 e. The van der Waals surface area contributed by atoms with Gasteiger partial charge in [0.1, 0.15) is 12.4 Å². The topological polar surface area (TPSA) is 55.6 Å². The van der Waals surface area contributed by atoms with E-state index in [2.05, 4.69) is 0 Å². The van der Waals surface area contributed by atoms with Crippen LogP contribution in [0, 0.1) is 6.92 Å². The first-order valence-corrected chi connectivity index (χ1v) is 5.18. The molecule has 0 bridgehead atoms. The highest BCUT2D eigenvalue weighted by Gasteiger charge is 2.06. The molecule has 4 heteroatoms. The molecule has 0 aliphatic heterocycles. The smallest absolute Gasteiger partial charge is 0.249 e. The van der Waals surface area contributed by atoms with Crippen LogP contribution in [0.1, 0.15) is 15.9 Å². The van der Waals surface area contributed by atoms with E-state index in [1.807, 2.05) is 38.1 Å². The Balaban J connectivity index is 2.68. The summed E-state index contributed by atoms with van der Waals surface area (Å²) in [6.45, 7) is 3.28. The molecule has 0 radical (unpaired) electrons. The van der Waals surface area contributed by atoms with Crippen molar-refractivity contribution in [3.8, 4) is 5.75 Å². The molecular formula is C12H18N2O2. The summed E-state index contributed by atoms with van der Waals surface area (Å²) in [4.78, 5) is 13.1. The average molecular weight is 222 g/mol. The van der Waals surface area contributed by atoms with Crippen LogP contribution in [0.25, 0.3) is 0 Å². The highest BCUT2D eigenvalue weighted by atomic mass is 16.5. The molecule has 0 atom stereocenters. The van der Waals surface area contributed by atoms with Gasteiger partial charge in [-0.25, -0.2) is 0 Å². The molecule has 2 N–H and O–H groups in total. The van der Waals surface area contributed by atoms with Gasteiger partial charge in [0, 0.05) is 12.1 Å². The van der Waals surface area contributed by atoms with Crippen LogP contribution in [0.2, 0.25) is 0 Å². The lowest BCUT2D eigenvalue weighted by atomic mass is 10.1. The van der Waals surface area contributed by atoms with Gasteiger partial charge in [0.05, 0.1) is 0 Å². The number of hydrogen-bond donors (Lipinski definition) is 1. The second-order valence-corrected chi connectivity index (χ2v) is 3.99. The Labute approximate surface area is 96.0 Å². The van der Waals surface area contributed by atoms with E-state index in [0.717, 1.165) is 12.1 Å². The van der Waals surface area contributed by atoms with Crippen LogP contribution < -0.4 is 10.5 Å². The van der Waals surface area contributed by atoms with Crippen molar-refractivity contribution in [1.29, 1.82) is 0 Å². The van der Waals surface area contributed by atoms with Gasteiger partial charge in [0.2, 0.25) is 5.91 Å². The molecule has 0 aliphatic carbocycles. The molecule has 1 amide bonds. The Bertz CT molecular complexity index is 375. The van der Waals surface area contributed by atoms with E-state index >= 15 is 0 Å². The van der Waals surface area contributed by atoms with E-state index in [1.54, 1.807) is 6.07 Å². The van der Waals surface area contributed by atoms with E-state index in [0.29, 0.717) is 17.9 Å². The minimum absolute atomic E-state index is 0.421. The lowest BCUT2D eigenvalue weighted by molar-refractivity contribution is 0.0999. The van der Waals surface area contributed by atoms with Crippen LogP contribution in [-0.4, -0.2) is 38.1 Å². The van der Waals surface area contributed by atoms with Gasteiger partial charge in [-0.2, -0.15) is 0 Å². The van der Waals surface area contributed by atoms with Gasteiger partial charge in [-0.05, 0) is 38.7 Å². The fourth-order valence-electron chi connectivity index (χ4n) is 1.30. The molecule has 0 heterocycles. The minimum atomic E-state index is -0.421. The lowest BCUT2D eigenvalue weighted by Crippen LogP contribution is -2.19. The molecule has 0 aromatic heterocycles. The Hall–Kier alpha value is -1.55. The SMILES string of the molecule is Cc1ccc(OCCN(C)C)cc1C(N)=O. The summed E-state index contributed by atoms with van der Waals surface area (Å²) < 4.78 is 5.51. The van der Waals surface area contributed by atoms with E-state index < -0.39 is 5.91 Å². The fourth-order valence-corrected chi connectivity index (χ4v) is 1.30. The van der Waals surface area contributed by atoms with Gasteiger partial charge in [-0.15, -0.1) is 0 Å². The third-order valence-corrected chi connectivity index (χ3v) is 2.28. The van der Waals surface area contributed by atoms with Gasteiger partial charge in [-0.1, -0.05) is 6.07 Å². The highest BCUT2D eigenvalue weighted by molar-refractivity contribution is 5.94. The zero-order valence-electron chi connectivity index (χ0n) is 9.99. The van der Waals surface area contributed by atoms with Crippen LogP contribution in [0.15, 0.2) is 18.2 Å². The maximum absolute atomic E-state index is 11.1. The van der Waals surface area contributed by atoms with Crippen molar-refractivity contribution < 1.29 is 9.53 Å². The molecule has 88 valence electrons. The van der Waals surface area contributed by atoms with Gasteiger partial charge < -0.3 is 15.4 Å². The van der Waals surface area contributed by atoms with E-state index in [-0.39, 0.29) is 0 Å². The van der Waals surface area contributed by atoms with E-state index in [1.165, 1.54) is 0 Å². The first kappa shape index (κ1) is 12.5. The number of primary amides is 1.